The molecule has 0 aliphatic carbocycles. The SMILES string of the molecule is c1ccc(N(c2ccc3sc4ccccc4c3c2)c2ccc3c(oc4cc5ccccc5cc43)c2N(c2ccccc2)c2cccc3c2sc2ccccc23)cc1. The van der Waals surface area contributed by atoms with Crippen LogP contribution in [0.15, 0.2) is 199 Å². The van der Waals surface area contributed by atoms with Gasteiger partial charge in [0.2, 0.25) is 0 Å². The van der Waals surface area contributed by atoms with E-state index in [2.05, 4.69) is 204 Å². The Morgan fingerprint density at radius 2 is 0.965 bits per heavy atom. The van der Waals surface area contributed by atoms with Gasteiger partial charge >= 0.3 is 0 Å². The highest BCUT2D eigenvalue weighted by Gasteiger charge is 2.29. The highest BCUT2D eigenvalue weighted by molar-refractivity contribution is 7.26. The summed E-state index contributed by atoms with van der Waals surface area (Å²) in [5.41, 5.74) is 7.98. The molecule has 0 unspecified atom stereocenters. The van der Waals surface area contributed by atoms with Crippen molar-refractivity contribution in [3.05, 3.63) is 194 Å². The molecule has 0 aliphatic heterocycles. The number of furan rings is 1. The van der Waals surface area contributed by atoms with Crippen molar-refractivity contribution >= 4 is 130 Å². The number of anilines is 6. The molecule has 0 radical (unpaired) electrons. The predicted octanol–water partition coefficient (Wildman–Crippen LogP) is 16.4. The first-order valence-electron chi connectivity index (χ1n) is 19.2. The fraction of sp³-hybridized carbons (Fsp3) is 0. The second-order valence-corrected chi connectivity index (χ2v) is 16.6. The normalized spacial score (nSPS) is 11.9. The summed E-state index contributed by atoms with van der Waals surface area (Å²) in [5, 5.41) is 9.56. The number of benzene rings is 9. The molecular weight excluding hydrogens is 733 g/mol. The molecule has 0 atom stereocenters. The first-order valence-corrected chi connectivity index (χ1v) is 20.8. The van der Waals surface area contributed by atoms with Gasteiger partial charge in [-0.15, -0.1) is 22.7 Å². The van der Waals surface area contributed by atoms with E-state index in [1.54, 1.807) is 0 Å². The van der Waals surface area contributed by atoms with Crippen LogP contribution in [0.1, 0.15) is 0 Å². The number of fused-ring (bicyclic) bond motifs is 10. The summed E-state index contributed by atoms with van der Waals surface area (Å²) in [5.74, 6) is 0. The van der Waals surface area contributed by atoms with Crippen LogP contribution in [0.3, 0.4) is 0 Å². The van der Waals surface area contributed by atoms with Gasteiger partial charge in [-0.3, -0.25) is 0 Å². The van der Waals surface area contributed by atoms with Gasteiger partial charge in [0.05, 0.1) is 16.1 Å². The Kier molecular flexibility index (Phi) is 7.27. The lowest BCUT2D eigenvalue weighted by molar-refractivity contribution is 0.669. The molecule has 0 saturated heterocycles. The minimum absolute atomic E-state index is 0.836. The molecule has 0 amide bonds. The van der Waals surface area contributed by atoms with Crippen LogP contribution >= 0.6 is 22.7 Å². The first kappa shape index (κ1) is 32.3. The summed E-state index contributed by atoms with van der Waals surface area (Å²) < 4.78 is 12.3. The van der Waals surface area contributed by atoms with E-state index in [1.165, 1.54) is 45.7 Å². The van der Waals surface area contributed by atoms with E-state index in [0.717, 1.165) is 61.4 Å². The van der Waals surface area contributed by atoms with Crippen LogP contribution in [-0.2, 0) is 0 Å². The van der Waals surface area contributed by atoms with Crippen molar-refractivity contribution < 1.29 is 4.42 Å². The van der Waals surface area contributed by atoms with Gasteiger partial charge in [-0.2, -0.15) is 0 Å². The van der Waals surface area contributed by atoms with Crippen LogP contribution in [0.25, 0.3) is 73.1 Å². The number of nitrogens with zero attached hydrogens (tertiary/aromatic N) is 2. The zero-order chi connectivity index (χ0) is 37.5. The smallest absolute Gasteiger partial charge is 0.161 e. The molecule has 12 aromatic rings. The van der Waals surface area contributed by atoms with Gasteiger partial charge in [-0.25, -0.2) is 0 Å². The summed E-state index contributed by atoms with van der Waals surface area (Å²) in [7, 11) is 0. The molecule has 0 saturated carbocycles. The van der Waals surface area contributed by atoms with Crippen molar-refractivity contribution in [3.8, 4) is 0 Å². The minimum Gasteiger partial charge on any atom is -0.454 e. The van der Waals surface area contributed by atoms with Gasteiger partial charge in [0.1, 0.15) is 11.3 Å². The van der Waals surface area contributed by atoms with Crippen molar-refractivity contribution in [2.45, 2.75) is 0 Å². The summed E-state index contributed by atoms with van der Waals surface area (Å²) >= 11 is 3.69. The molecule has 3 nitrogen and oxygen atoms in total. The van der Waals surface area contributed by atoms with Crippen LogP contribution in [0, 0.1) is 0 Å². The Morgan fingerprint density at radius 3 is 1.74 bits per heavy atom. The number of thiophene rings is 2. The highest BCUT2D eigenvalue weighted by Crippen LogP contribution is 2.53. The van der Waals surface area contributed by atoms with Crippen molar-refractivity contribution in [1.82, 2.24) is 0 Å². The molecule has 268 valence electrons. The number of para-hydroxylation sites is 2. The maximum absolute atomic E-state index is 7.20. The van der Waals surface area contributed by atoms with Gasteiger partial charge in [0.15, 0.2) is 5.58 Å². The zero-order valence-corrected chi connectivity index (χ0v) is 32.2. The molecule has 0 spiro atoms. The van der Waals surface area contributed by atoms with E-state index >= 15 is 0 Å². The molecule has 0 bridgehead atoms. The van der Waals surface area contributed by atoms with E-state index < -0.39 is 0 Å². The molecular formula is C52H32N2OS2. The van der Waals surface area contributed by atoms with Crippen molar-refractivity contribution in [3.63, 3.8) is 0 Å². The topological polar surface area (TPSA) is 19.6 Å². The van der Waals surface area contributed by atoms with E-state index in [1.807, 2.05) is 22.7 Å². The zero-order valence-electron chi connectivity index (χ0n) is 30.6. The van der Waals surface area contributed by atoms with Crippen LogP contribution in [0.4, 0.5) is 34.1 Å². The summed E-state index contributed by atoms with van der Waals surface area (Å²) in [6.45, 7) is 0. The molecule has 3 aromatic heterocycles. The number of hydrogen-bond acceptors (Lipinski definition) is 5. The van der Waals surface area contributed by atoms with E-state index in [-0.39, 0.29) is 0 Å². The molecule has 57 heavy (non-hydrogen) atoms. The third kappa shape index (κ3) is 5.10. The minimum atomic E-state index is 0.836. The Labute approximate surface area is 336 Å². The molecule has 0 fully saturated rings. The van der Waals surface area contributed by atoms with Gasteiger partial charge in [0.25, 0.3) is 0 Å². The van der Waals surface area contributed by atoms with Crippen molar-refractivity contribution in [1.29, 1.82) is 0 Å². The van der Waals surface area contributed by atoms with Gasteiger partial charge in [-0.1, -0.05) is 109 Å². The molecule has 0 aliphatic rings. The van der Waals surface area contributed by atoms with Gasteiger partial charge < -0.3 is 14.2 Å². The standard InChI is InChI=1S/C52H32N2OS2/c1-3-16-35(17-4-1)53(37-26-29-49-43(32-37)39-21-10-11-24-47(39)56-49)44-28-27-40-42-30-33-14-7-8-15-34(33)31-46(42)55-51(40)50(44)54(36-18-5-2-6-19-36)45-23-13-22-41-38-20-9-12-25-48(38)57-52(41)45/h1-32H. The van der Waals surface area contributed by atoms with Crippen LogP contribution in [0.2, 0.25) is 0 Å². The lowest BCUT2D eigenvalue weighted by Crippen LogP contribution is -2.17. The third-order valence-corrected chi connectivity index (χ3v) is 13.6. The largest absolute Gasteiger partial charge is 0.454 e. The summed E-state index contributed by atoms with van der Waals surface area (Å²) in [6, 6.07) is 70.2. The van der Waals surface area contributed by atoms with Crippen molar-refractivity contribution in [2.24, 2.45) is 0 Å². The van der Waals surface area contributed by atoms with E-state index in [0.29, 0.717) is 0 Å². The summed E-state index contributed by atoms with van der Waals surface area (Å²) in [6.07, 6.45) is 0. The molecule has 5 heteroatoms. The van der Waals surface area contributed by atoms with Gasteiger partial charge in [-0.05, 0) is 95.7 Å². The number of rotatable bonds is 6. The monoisotopic (exact) mass is 764 g/mol. The molecule has 3 heterocycles. The first-order chi connectivity index (χ1) is 28.3. The maximum atomic E-state index is 7.20. The lowest BCUT2D eigenvalue weighted by atomic mass is 10.0. The second kappa shape index (κ2) is 12.8. The van der Waals surface area contributed by atoms with Crippen LogP contribution in [-0.4, -0.2) is 0 Å². The van der Waals surface area contributed by atoms with Gasteiger partial charge in [0, 0.05) is 63.5 Å². The fourth-order valence-electron chi connectivity index (χ4n) is 8.63. The lowest BCUT2D eigenvalue weighted by Gasteiger charge is -2.33. The Balaban J connectivity index is 1.23. The fourth-order valence-corrected chi connectivity index (χ4v) is 10.9. The predicted molar refractivity (Wildman–Crippen MR) is 246 cm³/mol. The second-order valence-electron chi connectivity index (χ2n) is 14.5. The van der Waals surface area contributed by atoms with Crippen LogP contribution in [0.5, 0.6) is 0 Å². The van der Waals surface area contributed by atoms with Crippen LogP contribution < -0.4 is 9.80 Å². The highest BCUT2D eigenvalue weighted by atomic mass is 32.1. The molecule has 12 rings (SSSR count). The van der Waals surface area contributed by atoms with E-state index in [9.17, 15) is 0 Å². The average Bonchev–Trinajstić information content (AvgIpc) is 3.96. The molecule has 9 aromatic carbocycles. The average molecular weight is 765 g/mol. The Hall–Kier alpha value is -6.92. The Bertz CT molecular complexity index is 3490. The third-order valence-electron chi connectivity index (χ3n) is 11.2. The molecule has 0 N–H and O–H groups in total. The maximum Gasteiger partial charge on any atom is 0.161 e. The summed E-state index contributed by atoms with van der Waals surface area (Å²) in [4.78, 5) is 4.84. The Morgan fingerprint density at radius 1 is 0.351 bits per heavy atom. The quantitative estimate of drug-likeness (QED) is 0.168. The number of hydrogen-bond donors (Lipinski definition) is 0. The van der Waals surface area contributed by atoms with E-state index in [4.69, 9.17) is 4.42 Å². The van der Waals surface area contributed by atoms with Crippen molar-refractivity contribution in [2.75, 3.05) is 9.80 Å².